The second-order valence-corrected chi connectivity index (χ2v) is 5.70. The fourth-order valence-corrected chi connectivity index (χ4v) is 1.81. The quantitative estimate of drug-likeness (QED) is 0.839. The lowest BCUT2D eigenvalue weighted by Crippen LogP contribution is -2.35. The molecular formula is C16H23NO3. The van der Waals surface area contributed by atoms with Gasteiger partial charge in [-0.2, -0.15) is 0 Å². The number of aldehydes is 1. The number of alkyl carbamates (subject to hydrolysis) is 1. The van der Waals surface area contributed by atoms with Crippen LogP contribution in [0.4, 0.5) is 4.79 Å². The zero-order chi connectivity index (χ0) is 15.2. The Bertz CT molecular complexity index is 446. The number of nitrogens with one attached hydrogen (secondary N) is 1. The summed E-state index contributed by atoms with van der Waals surface area (Å²) in [6, 6.07) is 7.52. The van der Waals surface area contributed by atoms with Gasteiger partial charge in [0.05, 0.1) is 6.04 Å². The van der Waals surface area contributed by atoms with E-state index in [9.17, 15) is 9.59 Å². The first-order valence-corrected chi connectivity index (χ1v) is 6.87. The summed E-state index contributed by atoms with van der Waals surface area (Å²) in [5, 5.41) is 2.74. The van der Waals surface area contributed by atoms with Crippen LogP contribution in [0.3, 0.4) is 0 Å². The SMILES string of the molecule is CCc1ccc([C@@H](CC=O)NC(=O)OC(C)(C)C)cc1. The number of benzene rings is 1. The van der Waals surface area contributed by atoms with Crippen molar-refractivity contribution in [3.05, 3.63) is 35.4 Å². The molecular weight excluding hydrogens is 254 g/mol. The van der Waals surface area contributed by atoms with E-state index in [4.69, 9.17) is 4.74 Å². The molecule has 0 aliphatic carbocycles. The van der Waals surface area contributed by atoms with Crippen molar-refractivity contribution in [1.29, 1.82) is 0 Å². The van der Waals surface area contributed by atoms with Crippen molar-refractivity contribution in [3.8, 4) is 0 Å². The Morgan fingerprint density at radius 2 is 1.90 bits per heavy atom. The molecule has 0 aliphatic rings. The molecule has 1 atom stereocenters. The largest absolute Gasteiger partial charge is 0.444 e. The third-order valence-corrected chi connectivity index (χ3v) is 2.81. The number of carbonyl (C=O) groups is 2. The minimum absolute atomic E-state index is 0.227. The monoisotopic (exact) mass is 277 g/mol. The minimum Gasteiger partial charge on any atom is -0.444 e. The predicted molar refractivity (Wildman–Crippen MR) is 78.6 cm³/mol. The van der Waals surface area contributed by atoms with E-state index >= 15 is 0 Å². The Kier molecular flexibility index (Phi) is 5.74. The van der Waals surface area contributed by atoms with Gasteiger partial charge in [0.1, 0.15) is 11.9 Å². The van der Waals surface area contributed by atoms with Crippen molar-refractivity contribution in [2.45, 2.75) is 52.2 Å². The van der Waals surface area contributed by atoms with E-state index in [0.717, 1.165) is 18.3 Å². The number of carbonyl (C=O) groups excluding carboxylic acids is 2. The topological polar surface area (TPSA) is 55.4 Å². The van der Waals surface area contributed by atoms with Crippen molar-refractivity contribution < 1.29 is 14.3 Å². The van der Waals surface area contributed by atoms with Crippen LogP contribution in [0.15, 0.2) is 24.3 Å². The van der Waals surface area contributed by atoms with Gasteiger partial charge in [0, 0.05) is 6.42 Å². The smallest absolute Gasteiger partial charge is 0.408 e. The predicted octanol–water partition coefficient (Wildman–Crippen LogP) is 3.40. The third-order valence-electron chi connectivity index (χ3n) is 2.81. The van der Waals surface area contributed by atoms with Crippen LogP contribution in [0, 0.1) is 0 Å². The number of hydrogen-bond donors (Lipinski definition) is 1. The van der Waals surface area contributed by atoms with E-state index in [1.54, 1.807) is 20.8 Å². The van der Waals surface area contributed by atoms with Crippen molar-refractivity contribution in [2.24, 2.45) is 0 Å². The van der Waals surface area contributed by atoms with E-state index in [1.165, 1.54) is 5.56 Å². The number of hydrogen-bond acceptors (Lipinski definition) is 3. The number of ether oxygens (including phenoxy) is 1. The summed E-state index contributed by atoms with van der Waals surface area (Å²) in [5.74, 6) is 0. The summed E-state index contributed by atoms with van der Waals surface area (Å²) in [7, 11) is 0. The average molecular weight is 277 g/mol. The van der Waals surface area contributed by atoms with Gasteiger partial charge >= 0.3 is 6.09 Å². The Labute approximate surface area is 120 Å². The maximum absolute atomic E-state index is 11.8. The average Bonchev–Trinajstić information content (AvgIpc) is 2.36. The van der Waals surface area contributed by atoms with Crippen LogP contribution in [0.25, 0.3) is 0 Å². The molecule has 0 aliphatic heterocycles. The van der Waals surface area contributed by atoms with Gasteiger partial charge in [0.25, 0.3) is 0 Å². The Morgan fingerprint density at radius 3 is 2.35 bits per heavy atom. The molecule has 1 rings (SSSR count). The molecule has 20 heavy (non-hydrogen) atoms. The maximum Gasteiger partial charge on any atom is 0.408 e. The third kappa shape index (κ3) is 5.43. The van der Waals surface area contributed by atoms with Crippen LogP contribution in [0.5, 0.6) is 0 Å². The lowest BCUT2D eigenvalue weighted by atomic mass is 10.0. The van der Waals surface area contributed by atoms with Gasteiger partial charge in [-0.25, -0.2) is 4.79 Å². The molecule has 1 amide bonds. The second kappa shape index (κ2) is 7.08. The molecule has 0 fully saturated rings. The normalized spacial score (nSPS) is 12.6. The van der Waals surface area contributed by atoms with Crippen LogP contribution < -0.4 is 5.32 Å². The van der Waals surface area contributed by atoms with Gasteiger partial charge < -0.3 is 14.8 Å². The second-order valence-electron chi connectivity index (χ2n) is 5.70. The maximum atomic E-state index is 11.8. The van der Waals surface area contributed by atoms with Gasteiger partial charge in [0.15, 0.2) is 0 Å². The van der Waals surface area contributed by atoms with E-state index in [-0.39, 0.29) is 12.5 Å². The van der Waals surface area contributed by atoms with Crippen molar-refractivity contribution in [2.75, 3.05) is 0 Å². The molecule has 4 heteroatoms. The molecule has 0 heterocycles. The Balaban J connectivity index is 2.77. The zero-order valence-corrected chi connectivity index (χ0v) is 12.6. The van der Waals surface area contributed by atoms with Crippen molar-refractivity contribution in [3.63, 3.8) is 0 Å². The molecule has 110 valence electrons. The molecule has 1 aromatic carbocycles. The number of aryl methyl sites for hydroxylation is 1. The van der Waals surface area contributed by atoms with Gasteiger partial charge in [0.2, 0.25) is 0 Å². The van der Waals surface area contributed by atoms with Gasteiger partial charge in [-0.3, -0.25) is 0 Å². The Hall–Kier alpha value is -1.84. The first-order chi connectivity index (χ1) is 9.35. The highest BCUT2D eigenvalue weighted by atomic mass is 16.6. The van der Waals surface area contributed by atoms with E-state index in [2.05, 4.69) is 12.2 Å². The van der Waals surface area contributed by atoms with Crippen LogP contribution in [0.2, 0.25) is 0 Å². The van der Waals surface area contributed by atoms with Crippen LogP contribution in [0.1, 0.15) is 51.3 Å². The lowest BCUT2D eigenvalue weighted by Gasteiger charge is -2.23. The summed E-state index contributed by atoms with van der Waals surface area (Å²) in [6.45, 7) is 7.49. The number of rotatable bonds is 5. The van der Waals surface area contributed by atoms with Gasteiger partial charge in [-0.05, 0) is 38.3 Å². The summed E-state index contributed by atoms with van der Waals surface area (Å²) in [4.78, 5) is 22.6. The summed E-state index contributed by atoms with van der Waals surface area (Å²) in [5.41, 5.74) is 1.57. The summed E-state index contributed by atoms with van der Waals surface area (Å²) < 4.78 is 5.21. The molecule has 0 unspecified atom stereocenters. The highest BCUT2D eigenvalue weighted by molar-refractivity contribution is 5.69. The molecule has 0 radical (unpaired) electrons. The summed E-state index contributed by atoms with van der Waals surface area (Å²) in [6.07, 6.45) is 1.47. The fourth-order valence-electron chi connectivity index (χ4n) is 1.81. The molecule has 0 bridgehead atoms. The fraction of sp³-hybridized carbons (Fsp3) is 0.500. The van der Waals surface area contributed by atoms with E-state index in [0.29, 0.717) is 0 Å². The van der Waals surface area contributed by atoms with Crippen LogP contribution >= 0.6 is 0 Å². The molecule has 1 N–H and O–H groups in total. The highest BCUT2D eigenvalue weighted by Gasteiger charge is 2.20. The summed E-state index contributed by atoms with van der Waals surface area (Å²) >= 11 is 0. The highest BCUT2D eigenvalue weighted by Crippen LogP contribution is 2.18. The van der Waals surface area contributed by atoms with Gasteiger partial charge in [-0.1, -0.05) is 31.2 Å². The first-order valence-electron chi connectivity index (χ1n) is 6.87. The molecule has 0 saturated carbocycles. The van der Waals surface area contributed by atoms with Crippen molar-refractivity contribution in [1.82, 2.24) is 5.32 Å². The lowest BCUT2D eigenvalue weighted by molar-refractivity contribution is -0.108. The zero-order valence-electron chi connectivity index (χ0n) is 12.6. The molecule has 0 aromatic heterocycles. The first kappa shape index (κ1) is 16.2. The van der Waals surface area contributed by atoms with Gasteiger partial charge in [-0.15, -0.1) is 0 Å². The van der Waals surface area contributed by atoms with E-state index in [1.807, 2.05) is 24.3 Å². The Morgan fingerprint density at radius 1 is 1.30 bits per heavy atom. The molecule has 4 nitrogen and oxygen atoms in total. The van der Waals surface area contributed by atoms with E-state index < -0.39 is 11.7 Å². The van der Waals surface area contributed by atoms with Crippen LogP contribution in [-0.2, 0) is 16.0 Å². The minimum atomic E-state index is -0.554. The van der Waals surface area contributed by atoms with Crippen molar-refractivity contribution >= 4 is 12.4 Å². The standard InChI is InChI=1S/C16H23NO3/c1-5-12-6-8-13(9-7-12)14(10-11-18)17-15(19)20-16(2,3)4/h6-9,11,14H,5,10H2,1-4H3,(H,17,19)/t14-/m1/s1. The number of amides is 1. The van der Waals surface area contributed by atoms with Crippen LogP contribution in [-0.4, -0.2) is 18.0 Å². The molecule has 0 saturated heterocycles. The molecule has 1 aromatic rings. The molecule has 0 spiro atoms.